The zero-order valence-corrected chi connectivity index (χ0v) is 16.1. The van der Waals surface area contributed by atoms with E-state index < -0.39 is 5.60 Å². The van der Waals surface area contributed by atoms with E-state index in [9.17, 15) is 9.90 Å². The van der Waals surface area contributed by atoms with Gasteiger partial charge in [-0.05, 0) is 56.8 Å². The molecule has 2 rings (SSSR count). The van der Waals surface area contributed by atoms with Crippen LogP contribution in [0.25, 0.3) is 0 Å². The monoisotopic (exact) mass is 347 g/mol. The number of rotatable bonds is 6. The number of hydrogen-bond acceptors (Lipinski definition) is 3. The molecule has 0 saturated carbocycles. The first-order valence-corrected chi connectivity index (χ1v) is 9.24. The quantitative estimate of drug-likeness (QED) is 0.832. The molecule has 1 aromatic carbocycles. The van der Waals surface area contributed by atoms with Crippen LogP contribution in [0.1, 0.15) is 44.7 Å². The van der Waals surface area contributed by atoms with Gasteiger partial charge in [-0.15, -0.1) is 0 Å². The van der Waals surface area contributed by atoms with E-state index in [4.69, 9.17) is 0 Å². The van der Waals surface area contributed by atoms with Crippen LogP contribution in [0, 0.1) is 5.92 Å². The number of benzene rings is 1. The highest BCUT2D eigenvalue weighted by Gasteiger charge is 2.19. The Kier molecular flexibility index (Phi) is 6.85. The molecule has 0 aromatic heterocycles. The molecule has 0 spiro atoms. The number of amides is 2. The van der Waals surface area contributed by atoms with E-state index >= 15 is 0 Å². The standard InChI is InChI=1S/C20H33N3O2/c1-16-9-11-23(12-10-16)14-18-7-5-17(6-8-18)13-21-19(24)22(4)15-20(2,3)25/h5-8,16,25H,9-15H2,1-4H3,(H,21,24). The van der Waals surface area contributed by atoms with E-state index in [1.165, 1.54) is 36.4 Å². The van der Waals surface area contributed by atoms with Crippen molar-refractivity contribution in [1.29, 1.82) is 0 Å². The van der Waals surface area contributed by atoms with Crippen LogP contribution in [0.5, 0.6) is 0 Å². The summed E-state index contributed by atoms with van der Waals surface area (Å²) in [5.41, 5.74) is 1.52. The Labute approximate surface area is 152 Å². The number of nitrogens with zero attached hydrogens (tertiary/aromatic N) is 2. The van der Waals surface area contributed by atoms with Crippen molar-refractivity contribution in [1.82, 2.24) is 15.1 Å². The maximum absolute atomic E-state index is 12.0. The van der Waals surface area contributed by atoms with Crippen molar-refractivity contribution in [2.24, 2.45) is 5.92 Å². The van der Waals surface area contributed by atoms with Crippen LogP contribution in [0.15, 0.2) is 24.3 Å². The zero-order valence-electron chi connectivity index (χ0n) is 16.1. The lowest BCUT2D eigenvalue weighted by Crippen LogP contribution is -2.44. The number of likely N-dealkylation sites (N-methyl/N-ethyl adjacent to an activating group) is 1. The minimum Gasteiger partial charge on any atom is -0.389 e. The molecule has 1 aliphatic rings. The van der Waals surface area contributed by atoms with Gasteiger partial charge < -0.3 is 15.3 Å². The Morgan fingerprint density at radius 2 is 1.80 bits per heavy atom. The highest BCUT2D eigenvalue weighted by atomic mass is 16.3. The Balaban J connectivity index is 1.77. The van der Waals surface area contributed by atoms with Crippen molar-refractivity contribution in [2.45, 2.75) is 52.3 Å². The molecular formula is C20H33N3O2. The Bertz CT molecular complexity index is 543. The predicted octanol–water partition coefficient (Wildman–Crippen LogP) is 2.83. The second-order valence-corrected chi connectivity index (χ2v) is 8.10. The van der Waals surface area contributed by atoms with Gasteiger partial charge in [-0.2, -0.15) is 0 Å². The second-order valence-electron chi connectivity index (χ2n) is 8.10. The first kappa shape index (κ1) is 19.7. The van der Waals surface area contributed by atoms with Gasteiger partial charge >= 0.3 is 6.03 Å². The van der Waals surface area contributed by atoms with Crippen LogP contribution in [0.2, 0.25) is 0 Å². The third-order valence-corrected chi connectivity index (χ3v) is 4.72. The van der Waals surface area contributed by atoms with Crippen LogP contribution in [0.4, 0.5) is 4.79 Å². The topological polar surface area (TPSA) is 55.8 Å². The summed E-state index contributed by atoms with van der Waals surface area (Å²) in [6, 6.07) is 8.30. The Morgan fingerprint density at radius 3 is 2.36 bits per heavy atom. The summed E-state index contributed by atoms with van der Waals surface area (Å²) in [7, 11) is 1.69. The number of aliphatic hydroxyl groups is 1. The van der Waals surface area contributed by atoms with E-state index in [-0.39, 0.29) is 6.03 Å². The smallest absolute Gasteiger partial charge is 0.317 e. The molecule has 1 saturated heterocycles. The third kappa shape index (κ3) is 7.04. The Morgan fingerprint density at radius 1 is 1.24 bits per heavy atom. The average Bonchev–Trinajstić information content (AvgIpc) is 2.54. The minimum absolute atomic E-state index is 0.173. The van der Waals surface area contributed by atoms with Crippen molar-refractivity contribution in [3.63, 3.8) is 0 Å². The Hall–Kier alpha value is -1.59. The molecule has 1 aliphatic heterocycles. The van der Waals surface area contributed by atoms with Gasteiger partial charge in [0.1, 0.15) is 0 Å². The van der Waals surface area contributed by atoms with Crippen molar-refractivity contribution < 1.29 is 9.90 Å². The molecule has 140 valence electrons. The summed E-state index contributed by atoms with van der Waals surface area (Å²) in [5.74, 6) is 0.858. The molecule has 0 radical (unpaired) electrons. The third-order valence-electron chi connectivity index (χ3n) is 4.72. The van der Waals surface area contributed by atoms with Gasteiger partial charge in [0, 0.05) is 20.1 Å². The molecule has 2 N–H and O–H groups in total. The number of carbonyl (C=O) groups excluding carboxylic acids is 1. The van der Waals surface area contributed by atoms with Gasteiger partial charge in [-0.25, -0.2) is 4.79 Å². The molecule has 0 bridgehead atoms. The fourth-order valence-corrected chi connectivity index (χ4v) is 3.21. The fraction of sp³-hybridized carbons (Fsp3) is 0.650. The maximum Gasteiger partial charge on any atom is 0.317 e. The van der Waals surface area contributed by atoms with E-state index in [0.29, 0.717) is 13.1 Å². The van der Waals surface area contributed by atoms with E-state index in [2.05, 4.69) is 41.4 Å². The second kappa shape index (κ2) is 8.68. The molecule has 1 fully saturated rings. The molecular weight excluding hydrogens is 314 g/mol. The first-order valence-electron chi connectivity index (χ1n) is 9.24. The SMILES string of the molecule is CC1CCN(Cc2ccc(CNC(=O)N(C)CC(C)(C)O)cc2)CC1. The molecule has 0 aliphatic carbocycles. The first-order chi connectivity index (χ1) is 11.7. The maximum atomic E-state index is 12.0. The minimum atomic E-state index is -0.889. The molecule has 25 heavy (non-hydrogen) atoms. The van der Waals surface area contributed by atoms with Crippen LogP contribution < -0.4 is 5.32 Å². The van der Waals surface area contributed by atoms with Crippen LogP contribution in [-0.4, -0.2) is 53.2 Å². The van der Waals surface area contributed by atoms with Crippen molar-refractivity contribution >= 4 is 6.03 Å². The lowest BCUT2D eigenvalue weighted by atomic mass is 9.99. The molecule has 2 amide bonds. The fourth-order valence-electron chi connectivity index (χ4n) is 3.21. The van der Waals surface area contributed by atoms with Gasteiger partial charge in [-0.3, -0.25) is 4.90 Å². The van der Waals surface area contributed by atoms with Crippen LogP contribution in [0.3, 0.4) is 0 Å². The molecule has 1 aromatic rings. The van der Waals surface area contributed by atoms with Gasteiger partial charge in [0.15, 0.2) is 0 Å². The number of piperidine rings is 1. The summed E-state index contributed by atoms with van der Waals surface area (Å²) in [6.45, 7) is 9.89. The zero-order chi connectivity index (χ0) is 18.4. The molecule has 5 nitrogen and oxygen atoms in total. The molecule has 0 atom stereocenters. The largest absolute Gasteiger partial charge is 0.389 e. The number of carbonyl (C=O) groups is 1. The number of urea groups is 1. The summed E-state index contributed by atoms with van der Waals surface area (Å²) < 4.78 is 0. The summed E-state index contributed by atoms with van der Waals surface area (Å²) in [6.07, 6.45) is 2.59. The van der Waals surface area contributed by atoms with Gasteiger partial charge in [0.05, 0.1) is 12.1 Å². The average molecular weight is 348 g/mol. The van der Waals surface area contributed by atoms with Crippen LogP contribution >= 0.6 is 0 Å². The van der Waals surface area contributed by atoms with E-state index in [1.54, 1.807) is 20.9 Å². The van der Waals surface area contributed by atoms with Crippen molar-refractivity contribution in [3.8, 4) is 0 Å². The number of likely N-dealkylation sites (tertiary alicyclic amines) is 1. The summed E-state index contributed by atoms with van der Waals surface area (Å²) in [4.78, 5) is 16.1. The summed E-state index contributed by atoms with van der Waals surface area (Å²) in [5, 5.41) is 12.7. The highest BCUT2D eigenvalue weighted by Crippen LogP contribution is 2.18. The lowest BCUT2D eigenvalue weighted by molar-refractivity contribution is 0.0531. The molecule has 1 heterocycles. The number of hydrogen-bond donors (Lipinski definition) is 2. The van der Waals surface area contributed by atoms with Crippen molar-refractivity contribution in [2.75, 3.05) is 26.7 Å². The molecule has 5 heteroatoms. The van der Waals surface area contributed by atoms with Crippen molar-refractivity contribution in [3.05, 3.63) is 35.4 Å². The summed E-state index contributed by atoms with van der Waals surface area (Å²) >= 11 is 0. The predicted molar refractivity (Wildman–Crippen MR) is 101 cm³/mol. The van der Waals surface area contributed by atoms with Gasteiger partial charge in [0.2, 0.25) is 0 Å². The lowest BCUT2D eigenvalue weighted by Gasteiger charge is -2.30. The normalized spacial score (nSPS) is 16.7. The number of nitrogens with one attached hydrogen (secondary N) is 1. The van der Waals surface area contributed by atoms with Gasteiger partial charge in [0.25, 0.3) is 0 Å². The van der Waals surface area contributed by atoms with Crippen LogP contribution in [-0.2, 0) is 13.1 Å². The van der Waals surface area contributed by atoms with Gasteiger partial charge in [-0.1, -0.05) is 31.2 Å². The molecule has 0 unspecified atom stereocenters. The highest BCUT2D eigenvalue weighted by molar-refractivity contribution is 5.73. The van der Waals surface area contributed by atoms with E-state index in [0.717, 1.165) is 18.0 Å². The van der Waals surface area contributed by atoms with E-state index in [1.807, 2.05) is 0 Å².